The van der Waals surface area contributed by atoms with E-state index in [9.17, 15) is 19.7 Å². The van der Waals surface area contributed by atoms with Gasteiger partial charge in [-0.2, -0.15) is 0 Å². The SMILES string of the molecule is Cc1ccc(C)c(OCCN2C(=O)S/C(=C\c3ccc(C)c([N+](=O)[O-])c3)C2=O)c1. The summed E-state index contributed by atoms with van der Waals surface area (Å²) in [5, 5.41) is 10.7. The monoisotopic (exact) mass is 412 g/mol. The summed E-state index contributed by atoms with van der Waals surface area (Å²) in [4.78, 5) is 36.8. The molecule has 0 aliphatic carbocycles. The minimum Gasteiger partial charge on any atom is -0.491 e. The minimum absolute atomic E-state index is 0.0279. The Morgan fingerprint density at radius 3 is 2.55 bits per heavy atom. The number of benzene rings is 2. The third-order valence-corrected chi connectivity index (χ3v) is 5.42. The van der Waals surface area contributed by atoms with Crippen molar-refractivity contribution in [2.75, 3.05) is 13.2 Å². The van der Waals surface area contributed by atoms with Crippen molar-refractivity contribution in [2.24, 2.45) is 0 Å². The number of carbonyl (C=O) groups excluding carboxylic acids is 2. The van der Waals surface area contributed by atoms with Gasteiger partial charge in [0.1, 0.15) is 12.4 Å². The first-order valence-electron chi connectivity index (χ1n) is 8.96. The van der Waals surface area contributed by atoms with Gasteiger partial charge in [0, 0.05) is 11.6 Å². The highest BCUT2D eigenvalue weighted by Crippen LogP contribution is 2.33. The number of imide groups is 1. The van der Waals surface area contributed by atoms with E-state index in [2.05, 4.69) is 0 Å². The number of carbonyl (C=O) groups is 2. The molecule has 2 aromatic carbocycles. The molecular formula is C21H20N2O5S. The number of aryl methyl sites for hydroxylation is 3. The zero-order valence-corrected chi connectivity index (χ0v) is 17.1. The maximum atomic E-state index is 12.6. The molecule has 150 valence electrons. The highest BCUT2D eigenvalue weighted by Gasteiger charge is 2.34. The molecule has 2 amide bonds. The van der Waals surface area contributed by atoms with Crippen LogP contribution in [0.1, 0.15) is 22.3 Å². The van der Waals surface area contributed by atoms with Gasteiger partial charge in [0.25, 0.3) is 16.8 Å². The van der Waals surface area contributed by atoms with Crippen molar-refractivity contribution in [3.8, 4) is 5.75 Å². The van der Waals surface area contributed by atoms with Gasteiger partial charge < -0.3 is 4.74 Å². The summed E-state index contributed by atoms with van der Waals surface area (Å²) in [6.07, 6.45) is 1.50. The van der Waals surface area contributed by atoms with Crippen LogP contribution in [0.25, 0.3) is 6.08 Å². The Hall–Kier alpha value is -3.13. The van der Waals surface area contributed by atoms with E-state index in [1.807, 2.05) is 32.0 Å². The Morgan fingerprint density at radius 2 is 1.83 bits per heavy atom. The van der Waals surface area contributed by atoms with Crippen LogP contribution in [-0.2, 0) is 4.79 Å². The van der Waals surface area contributed by atoms with E-state index in [0.29, 0.717) is 11.1 Å². The van der Waals surface area contributed by atoms with E-state index in [4.69, 9.17) is 4.74 Å². The molecule has 8 heteroatoms. The molecule has 0 spiro atoms. The molecular weight excluding hydrogens is 392 g/mol. The van der Waals surface area contributed by atoms with E-state index in [1.165, 1.54) is 12.1 Å². The summed E-state index contributed by atoms with van der Waals surface area (Å²) in [6.45, 7) is 5.85. The highest BCUT2D eigenvalue weighted by atomic mass is 32.2. The van der Waals surface area contributed by atoms with Gasteiger partial charge in [-0.3, -0.25) is 24.6 Å². The fourth-order valence-corrected chi connectivity index (χ4v) is 3.73. The Morgan fingerprint density at radius 1 is 1.10 bits per heavy atom. The van der Waals surface area contributed by atoms with Crippen LogP contribution in [0.15, 0.2) is 41.3 Å². The zero-order valence-electron chi connectivity index (χ0n) is 16.3. The maximum Gasteiger partial charge on any atom is 0.293 e. The molecule has 0 bridgehead atoms. The lowest BCUT2D eigenvalue weighted by atomic mass is 10.1. The second-order valence-corrected chi connectivity index (χ2v) is 7.75. The van der Waals surface area contributed by atoms with Gasteiger partial charge in [0.2, 0.25) is 0 Å². The predicted molar refractivity (Wildman–Crippen MR) is 112 cm³/mol. The fraction of sp³-hybridized carbons (Fsp3) is 0.238. The average molecular weight is 412 g/mol. The molecule has 0 atom stereocenters. The van der Waals surface area contributed by atoms with Crippen molar-refractivity contribution < 1.29 is 19.2 Å². The van der Waals surface area contributed by atoms with Crippen molar-refractivity contribution in [1.29, 1.82) is 0 Å². The van der Waals surface area contributed by atoms with E-state index in [0.717, 1.165) is 33.5 Å². The normalized spacial score (nSPS) is 15.3. The van der Waals surface area contributed by atoms with E-state index in [1.54, 1.807) is 19.1 Å². The fourth-order valence-electron chi connectivity index (χ4n) is 2.87. The number of hydrogen-bond acceptors (Lipinski definition) is 6. The first kappa shape index (κ1) is 20.6. The van der Waals surface area contributed by atoms with Crippen molar-refractivity contribution in [1.82, 2.24) is 4.90 Å². The molecule has 1 aliphatic rings. The number of nitro benzene ring substituents is 1. The summed E-state index contributed by atoms with van der Waals surface area (Å²) in [7, 11) is 0. The van der Waals surface area contributed by atoms with Gasteiger partial charge in [0.15, 0.2) is 0 Å². The number of rotatable bonds is 6. The summed E-state index contributed by atoms with van der Waals surface area (Å²) in [5.41, 5.74) is 3.04. The number of nitrogens with zero attached hydrogens (tertiary/aromatic N) is 2. The van der Waals surface area contributed by atoms with Gasteiger partial charge in [0.05, 0.1) is 16.4 Å². The predicted octanol–water partition coefficient (Wildman–Crippen LogP) is 4.64. The van der Waals surface area contributed by atoms with Crippen LogP contribution in [0.5, 0.6) is 5.75 Å². The molecule has 0 radical (unpaired) electrons. The van der Waals surface area contributed by atoms with Gasteiger partial charge in [-0.05, 0) is 61.4 Å². The summed E-state index contributed by atoms with van der Waals surface area (Å²) in [6, 6.07) is 10.5. The first-order valence-corrected chi connectivity index (χ1v) is 9.78. The Balaban J connectivity index is 1.69. The van der Waals surface area contributed by atoms with Crippen molar-refractivity contribution >= 4 is 34.7 Å². The topological polar surface area (TPSA) is 89.8 Å². The Labute approximate surface area is 172 Å². The first-order chi connectivity index (χ1) is 13.8. The second kappa shape index (κ2) is 8.48. The number of hydrogen-bond donors (Lipinski definition) is 0. The molecule has 1 aliphatic heterocycles. The average Bonchev–Trinajstić information content (AvgIpc) is 2.93. The van der Waals surface area contributed by atoms with Crippen LogP contribution in [0.4, 0.5) is 10.5 Å². The number of amides is 2. The van der Waals surface area contributed by atoms with E-state index < -0.39 is 10.8 Å². The summed E-state index contributed by atoms with van der Waals surface area (Å²) >= 11 is 0.820. The van der Waals surface area contributed by atoms with E-state index in [-0.39, 0.29) is 29.0 Å². The zero-order chi connectivity index (χ0) is 21.1. The highest BCUT2D eigenvalue weighted by molar-refractivity contribution is 8.18. The van der Waals surface area contributed by atoms with Crippen molar-refractivity contribution in [3.05, 3.63) is 73.7 Å². The van der Waals surface area contributed by atoms with Crippen molar-refractivity contribution in [2.45, 2.75) is 20.8 Å². The molecule has 0 aromatic heterocycles. The van der Waals surface area contributed by atoms with Crippen LogP contribution in [0.3, 0.4) is 0 Å². The summed E-state index contributed by atoms with van der Waals surface area (Å²) < 4.78 is 5.74. The number of nitro groups is 1. The van der Waals surface area contributed by atoms with Gasteiger partial charge in [-0.1, -0.05) is 24.3 Å². The van der Waals surface area contributed by atoms with Crippen LogP contribution in [0.2, 0.25) is 0 Å². The smallest absolute Gasteiger partial charge is 0.293 e. The number of thioether (sulfide) groups is 1. The lowest BCUT2D eigenvalue weighted by Gasteiger charge is -2.14. The Bertz CT molecular complexity index is 1030. The molecule has 1 saturated heterocycles. The maximum absolute atomic E-state index is 12.6. The molecule has 1 heterocycles. The molecule has 1 fully saturated rings. The summed E-state index contributed by atoms with van der Waals surface area (Å²) in [5.74, 6) is 0.298. The van der Waals surface area contributed by atoms with Crippen LogP contribution in [-0.4, -0.2) is 34.1 Å². The lowest BCUT2D eigenvalue weighted by Crippen LogP contribution is -2.32. The molecule has 7 nitrogen and oxygen atoms in total. The standard InChI is InChI=1S/C21H20N2O5S/c1-13-4-5-15(3)18(10-13)28-9-8-22-20(24)19(29-21(22)25)12-16-7-6-14(2)17(11-16)23(26)27/h4-7,10-12H,8-9H2,1-3H3/b19-12-. The Kier molecular flexibility index (Phi) is 6.03. The quantitative estimate of drug-likeness (QED) is 0.390. The molecule has 0 unspecified atom stereocenters. The minimum atomic E-state index is -0.469. The third kappa shape index (κ3) is 4.65. The third-order valence-electron chi connectivity index (χ3n) is 4.52. The lowest BCUT2D eigenvalue weighted by molar-refractivity contribution is -0.385. The van der Waals surface area contributed by atoms with Crippen LogP contribution >= 0.6 is 11.8 Å². The van der Waals surface area contributed by atoms with Gasteiger partial charge in [-0.25, -0.2) is 0 Å². The molecule has 2 aromatic rings. The van der Waals surface area contributed by atoms with Crippen LogP contribution in [0, 0.1) is 30.9 Å². The van der Waals surface area contributed by atoms with Gasteiger partial charge >= 0.3 is 0 Å². The molecule has 29 heavy (non-hydrogen) atoms. The van der Waals surface area contributed by atoms with Gasteiger partial charge in [-0.15, -0.1) is 0 Å². The molecule has 0 N–H and O–H groups in total. The molecule has 3 rings (SSSR count). The second-order valence-electron chi connectivity index (χ2n) is 6.75. The van der Waals surface area contributed by atoms with Crippen molar-refractivity contribution in [3.63, 3.8) is 0 Å². The number of ether oxygens (including phenoxy) is 1. The molecule has 0 saturated carbocycles. The largest absolute Gasteiger partial charge is 0.491 e. The van der Waals surface area contributed by atoms with E-state index >= 15 is 0 Å². The van der Waals surface area contributed by atoms with Crippen LogP contribution < -0.4 is 4.74 Å².